The standard InChI is InChI=1S/C30H42N4O5/c1-3-5-14-29-15-18-30(19-16-29,20-17-29)32-28-34-33-26(39-28)25(35)31-22-8-12-24(13-9-22)38-23-10-6-21(7-11-23)27(36)37-4-2/h8-9,12-13,21,23H,3-7,10-11,14-20H2,1-2H3,(H,31,35)(H,32,34). The molecule has 9 nitrogen and oxygen atoms in total. The van der Waals surface area contributed by atoms with Crippen molar-refractivity contribution in [1.29, 1.82) is 0 Å². The molecule has 1 heterocycles. The Hall–Kier alpha value is -3.10. The molecule has 0 radical (unpaired) electrons. The monoisotopic (exact) mass is 538 g/mol. The highest BCUT2D eigenvalue weighted by atomic mass is 16.5. The first kappa shape index (κ1) is 27.5. The van der Waals surface area contributed by atoms with Gasteiger partial charge in [-0.3, -0.25) is 9.59 Å². The van der Waals surface area contributed by atoms with Crippen LogP contribution in [-0.2, 0) is 9.53 Å². The van der Waals surface area contributed by atoms with E-state index in [4.69, 9.17) is 13.9 Å². The van der Waals surface area contributed by atoms with Gasteiger partial charge in [-0.2, -0.15) is 0 Å². The van der Waals surface area contributed by atoms with Crippen molar-refractivity contribution in [2.75, 3.05) is 17.2 Å². The summed E-state index contributed by atoms with van der Waals surface area (Å²) in [4.78, 5) is 24.7. The van der Waals surface area contributed by atoms with Crippen molar-refractivity contribution in [1.82, 2.24) is 10.2 Å². The van der Waals surface area contributed by atoms with Gasteiger partial charge in [0.25, 0.3) is 0 Å². The lowest BCUT2D eigenvalue weighted by Crippen LogP contribution is -2.50. The number of nitrogens with one attached hydrogen (secondary N) is 2. The number of anilines is 2. The Kier molecular flexibility index (Phi) is 8.43. The number of ether oxygens (including phenoxy) is 2. The fraction of sp³-hybridized carbons (Fsp3) is 0.667. The Morgan fingerprint density at radius 1 is 0.974 bits per heavy atom. The van der Waals surface area contributed by atoms with Crippen LogP contribution in [0.4, 0.5) is 11.7 Å². The van der Waals surface area contributed by atoms with Gasteiger partial charge in [-0.15, -0.1) is 5.10 Å². The maximum atomic E-state index is 12.7. The summed E-state index contributed by atoms with van der Waals surface area (Å²) in [5, 5.41) is 14.4. The van der Waals surface area contributed by atoms with Crippen LogP contribution in [0, 0.1) is 11.3 Å². The third-order valence-electron chi connectivity index (χ3n) is 9.16. The van der Waals surface area contributed by atoms with Crippen molar-refractivity contribution >= 4 is 23.6 Å². The van der Waals surface area contributed by atoms with Crippen molar-refractivity contribution in [3.05, 3.63) is 30.2 Å². The van der Waals surface area contributed by atoms with Gasteiger partial charge in [-0.25, -0.2) is 0 Å². The maximum absolute atomic E-state index is 12.7. The van der Waals surface area contributed by atoms with Crippen LogP contribution in [0.15, 0.2) is 28.7 Å². The van der Waals surface area contributed by atoms with Gasteiger partial charge < -0.3 is 24.5 Å². The number of esters is 1. The van der Waals surface area contributed by atoms with Gasteiger partial charge in [0.1, 0.15) is 5.75 Å². The molecule has 0 atom stereocenters. The molecule has 4 aliphatic carbocycles. The quantitative estimate of drug-likeness (QED) is 0.311. The lowest BCUT2D eigenvalue weighted by atomic mass is 9.56. The normalized spacial score (nSPS) is 28.1. The van der Waals surface area contributed by atoms with E-state index < -0.39 is 5.91 Å². The second kappa shape index (κ2) is 12.0. The molecule has 2 N–H and O–H groups in total. The summed E-state index contributed by atoms with van der Waals surface area (Å²) in [5.74, 6) is 0.107. The van der Waals surface area contributed by atoms with E-state index in [1.165, 1.54) is 38.5 Å². The molecule has 4 fully saturated rings. The van der Waals surface area contributed by atoms with Crippen LogP contribution in [0.5, 0.6) is 5.75 Å². The highest BCUT2D eigenvalue weighted by molar-refractivity contribution is 6.00. The second-order valence-electron chi connectivity index (χ2n) is 11.7. The van der Waals surface area contributed by atoms with E-state index in [1.54, 1.807) is 12.1 Å². The first-order valence-corrected chi connectivity index (χ1v) is 14.8. The number of unbranched alkanes of at least 4 members (excludes halogenated alkanes) is 1. The van der Waals surface area contributed by atoms with Gasteiger partial charge in [0.15, 0.2) is 0 Å². The smallest absolute Gasteiger partial charge is 0.316 e. The topological polar surface area (TPSA) is 116 Å². The molecular formula is C30H42N4O5. The van der Waals surface area contributed by atoms with Crippen molar-refractivity contribution in [2.45, 2.75) is 109 Å². The third kappa shape index (κ3) is 6.56. The molecule has 0 aliphatic heterocycles. The van der Waals surface area contributed by atoms with Crippen LogP contribution in [0.3, 0.4) is 0 Å². The number of benzene rings is 1. The maximum Gasteiger partial charge on any atom is 0.316 e. The Bertz CT molecular complexity index is 1100. The average molecular weight is 539 g/mol. The summed E-state index contributed by atoms with van der Waals surface area (Å²) in [5.41, 5.74) is 1.15. The van der Waals surface area contributed by atoms with Gasteiger partial charge in [-0.1, -0.05) is 24.9 Å². The highest BCUT2D eigenvalue weighted by Crippen LogP contribution is 2.55. The van der Waals surface area contributed by atoms with E-state index in [9.17, 15) is 9.59 Å². The number of hydrogen-bond donors (Lipinski definition) is 2. The molecule has 0 spiro atoms. The van der Waals surface area contributed by atoms with Crippen LogP contribution in [0.1, 0.15) is 108 Å². The predicted molar refractivity (Wildman–Crippen MR) is 148 cm³/mol. The fourth-order valence-electron chi connectivity index (χ4n) is 6.64. The Morgan fingerprint density at radius 2 is 1.67 bits per heavy atom. The molecule has 1 aromatic heterocycles. The molecule has 1 amide bonds. The van der Waals surface area contributed by atoms with Gasteiger partial charge in [-0.05, 0) is 107 Å². The van der Waals surface area contributed by atoms with Crippen LogP contribution in [-0.4, -0.2) is 40.3 Å². The van der Waals surface area contributed by atoms with Gasteiger partial charge >= 0.3 is 23.8 Å². The van der Waals surface area contributed by atoms with E-state index in [0.29, 0.717) is 23.7 Å². The van der Waals surface area contributed by atoms with E-state index in [0.717, 1.165) is 50.7 Å². The molecule has 9 heteroatoms. The molecule has 1 aromatic carbocycles. The molecule has 2 bridgehead atoms. The zero-order chi connectivity index (χ0) is 27.3. The van der Waals surface area contributed by atoms with E-state index in [2.05, 4.69) is 27.8 Å². The van der Waals surface area contributed by atoms with Crippen molar-refractivity contribution < 1.29 is 23.5 Å². The molecule has 4 aliphatic rings. The molecule has 6 rings (SSSR count). The van der Waals surface area contributed by atoms with Crippen molar-refractivity contribution in [3.63, 3.8) is 0 Å². The highest BCUT2D eigenvalue weighted by Gasteiger charge is 2.48. The molecule has 39 heavy (non-hydrogen) atoms. The first-order chi connectivity index (χ1) is 18.9. The fourth-order valence-corrected chi connectivity index (χ4v) is 6.64. The zero-order valence-electron chi connectivity index (χ0n) is 23.3. The molecule has 2 aromatic rings. The number of carbonyl (C=O) groups excluding carboxylic acids is 2. The largest absolute Gasteiger partial charge is 0.490 e. The Labute approximate surface area is 230 Å². The van der Waals surface area contributed by atoms with Crippen molar-refractivity contribution in [2.24, 2.45) is 11.3 Å². The summed E-state index contributed by atoms with van der Waals surface area (Å²) in [6, 6.07) is 7.57. The number of aromatic nitrogens is 2. The van der Waals surface area contributed by atoms with Crippen LogP contribution >= 0.6 is 0 Å². The third-order valence-corrected chi connectivity index (χ3v) is 9.16. The number of nitrogens with zero attached hydrogens (tertiary/aromatic N) is 2. The Balaban J connectivity index is 1.08. The summed E-state index contributed by atoms with van der Waals surface area (Å²) < 4.78 is 17.0. The summed E-state index contributed by atoms with van der Waals surface area (Å²) >= 11 is 0. The molecule has 212 valence electrons. The first-order valence-electron chi connectivity index (χ1n) is 14.8. The van der Waals surface area contributed by atoms with E-state index >= 15 is 0 Å². The van der Waals surface area contributed by atoms with Gasteiger partial charge in [0, 0.05) is 11.2 Å². The van der Waals surface area contributed by atoms with Crippen LogP contribution in [0.2, 0.25) is 0 Å². The number of amides is 1. The molecular weight excluding hydrogens is 496 g/mol. The number of hydrogen-bond acceptors (Lipinski definition) is 8. The summed E-state index contributed by atoms with van der Waals surface area (Å²) in [6.07, 6.45) is 14.3. The van der Waals surface area contributed by atoms with Gasteiger partial charge in [0.05, 0.1) is 18.6 Å². The van der Waals surface area contributed by atoms with Crippen molar-refractivity contribution in [3.8, 4) is 5.75 Å². The number of rotatable bonds is 11. The minimum absolute atomic E-state index is 0.00212. The van der Waals surface area contributed by atoms with E-state index in [-0.39, 0.29) is 29.4 Å². The lowest BCUT2D eigenvalue weighted by Gasteiger charge is -2.53. The van der Waals surface area contributed by atoms with Crippen LogP contribution in [0.25, 0.3) is 0 Å². The molecule has 0 saturated heterocycles. The average Bonchev–Trinajstić information content (AvgIpc) is 3.43. The number of carbonyl (C=O) groups is 2. The van der Waals surface area contributed by atoms with Crippen LogP contribution < -0.4 is 15.4 Å². The van der Waals surface area contributed by atoms with E-state index in [1.807, 2.05) is 19.1 Å². The Morgan fingerprint density at radius 3 is 2.31 bits per heavy atom. The number of fused-ring (bicyclic) bond motifs is 3. The lowest BCUT2D eigenvalue weighted by molar-refractivity contribution is -0.149. The SMILES string of the molecule is CCCCC12CCC(Nc3nnc(C(=O)Nc4ccc(OC5CCC(C(=O)OCC)CC5)cc4)o3)(CC1)CC2. The molecule has 0 unspecified atom stereocenters. The molecule has 4 saturated carbocycles. The second-order valence-corrected chi connectivity index (χ2v) is 11.7. The summed E-state index contributed by atoms with van der Waals surface area (Å²) in [6.45, 7) is 4.52. The zero-order valence-corrected chi connectivity index (χ0v) is 23.3. The minimum Gasteiger partial charge on any atom is -0.490 e. The predicted octanol–water partition coefficient (Wildman–Crippen LogP) is 6.52. The summed E-state index contributed by atoms with van der Waals surface area (Å²) in [7, 11) is 0. The van der Waals surface area contributed by atoms with Gasteiger partial charge in [0.2, 0.25) is 0 Å². The minimum atomic E-state index is -0.440.